The van der Waals surface area contributed by atoms with Crippen LogP contribution in [0.1, 0.15) is 13.8 Å². The zero-order valence-corrected chi connectivity index (χ0v) is 24.7. The van der Waals surface area contributed by atoms with Gasteiger partial charge in [0.15, 0.2) is 11.9 Å². The number of hydrogen-bond donors (Lipinski definition) is 7. The van der Waals surface area contributed by atoms with E-state index in [4.69, 9.17) is 32.8 Å². The van der Waals surface area contributed by atoms with Gasteiger partial charge in [0.05, 0.1) is 19.8 Å². The van der Waals surface area contributed by atoms with Gasteiger partial charge in [0.25, 0.3) is 0 Å². The summed E-state index contributed by atoms with van der Waals surface area (Å²) in [5.41, 5.74) is -0.855. The summed E-state index contributed by atoms with van der Waals surface area (Å²) < 4.78 is 38.8. The third-order valence-corrected chi connectivity index (χ3v) is 7.67. The molecule has 2 aliphatic rings. The first-order valence-electron chi connectivity index (χ1n) is 14.2. The van der Waals surface area contributed by atoms with Crippen LogP contribution in [0.4, 0.5) is 0 Å². The molecule has 0 radical (unpaired) electrons. The van der Waals surface area contributed by atoms with Gasteiger partial charge in [0.2, 0.25) is 23.8 Å². The highest BCUT2D eigenvalue weighted by atomic mass is 16.7. The lowest BCUT2D eigenvalue weighted by Crippen LogP contribution is -2.60. The van der Waals surface area contributed by atoms with E-state index in [1.54, 1.807) is 12.1 Å². The molecule has 5 rings (SSSR count). The first-order valence-corrected chi connectivity index (χ1v) is 14.2. The van der Waals surface area contributed by atoms with Gasteiger partial charge in [0, 0.05) is 24.6 Å². The van der Waals surface area contributed by atoms with E-state index in [9.17, 15) is 45.3 Å². The lowest BCUT2D eigenvalue weighted by molar-refractivity contribution is -0.277. The third-order valence-electron chi connectivity index (χ3n) is 7.67. The molecule has 3 aromatic rings. The number of rotatable bonds is 8. The van der Waals surface area contributed by atoms with E-state index in [0.29, 0.717) is 5.75 Å². The fourth-order valence-corrected chi connectivity index (χ4v) is 5.24. The van der Waals surface area contributed by atoms with Crippen molar-refractivity contribution in [3.05, 3.63) is 46.6 Å². The SMILES string of the molecule is COc1ccc(-c2oc3cc(O[C@@H]4O[C@H](CO)[C@@H](O)[C@H](O)[C@H]4O)cc(O)c3c(=O)c2O[C@@H]2O[C@@H](C)[C@H](OC(C)=O)[C@@H](O)[C@H]2O)cc1. The molecule has 0 saturated carbocycles. The highest BCUT2D eigenvalue weighted by molar-refractivity contribution is 5.88. The summed E-state index contributed by atoms with van der Waals surface area (Å²) in [7, 11) is 1.46. The second-order valence-corrected chi connectivity index (χ2v) is 10.8. The Morgan fingerprint density at radius 1 is 0.870 bits per heavy atom. The van der Waals surface area contributed by atoms with Crippen LogP contribution in [0.3, 0.4) is 0 Å². The Kier molecular flexibility index (Phi) is 9.71. The lowest BCUT2D eigenvalue weighted by atomic mass is 9.99. The molecule has 250 valence electrons. The number of methoxy groups -OCH3 is 1. The molecule has 16 nitrogen and oxygen atoms in total. The summed E-state index contributed by atoms with van der Waals surface area (Å²) in [5, 5.41) is 72.0. The number of esters is 1. The Morgan fingerprint density at radius 2 is 1.52 bits per heavy atom. The van der Waals surface area contributed by atoms with Crippen molar-refractivity contribution in [2.45, 2.75) is 75.3 Å². The Labute approximate surface area is 260 Å². The predicted molar refractivity (Wildman–Crippen MR) is 153 cm³/mol. The minimum atomic E-state index is -1.79. The average Bonchev–Trinajstić information content (AvgIpc) is 3.02. The van der Waals surface area contributed by atoms with Gasteiger partial charge >= 0.3 is 5.97 Å². The largest absolute Gasteiger partial charge is 0.507 e. The van der Waals surface area contributed by atoms with Crippen LogP contribution in [0.15, 0.2) is 45.6 Å². The molecule has 0 amide bonds. The van der Waals surface area contributed by atoms with E-state index in [0.717, 1.165) is 13.0 Å². The Bertz CT molecular complexity index is 1600. The normalized spacial score (nSPS) is 31.3. The molecular weight excluding hydrogens is 616 g/mol. The van der Waals surface area contributed by atoms with E-state index in [1.165, 1.54) is 32.2 Å². The summed E-state index contributed by atoms with van der Waals surface area (Å²) in [6.45, 7) is 1.90. The predicted octanol–water partition coefficient (Wildman–Crippen LogP) is -0.870. The molecule has 2 aliphatic heterocycles. The second-order valence-electron chi connectivity index (χ2n) is 10.8. The number of aromatic hydroxyl groups is 1. The van der Waals surface area contributed by atoms with Crippen molar-refractivity contribution in [1.82, 2.24) is 0 Å². The highest BCUT2D eigenvalue weighted by Crippen LogP contribution is 2.38. The van der Waals surface area contributed by atoms with Crippen molar-refractivity contribution < 1.29 is 73.4 Å². The van der Waals surface area contributed by atoms with Crippen LogP contribution in [-0.4, -0.2) is 117 Å². The van der Waals surface area contributed by atoms with Crippen LogP contribution in [0.5, 0.6) is 23.0 Å². The first kappa shape index (κ1) is 33.4. The van der Waals surface area contributed by atoms with Gasteiger partial charge < -0.3 is 68.6 Å². The van der Waals surface area contributed by atoms with Gasteiger partial charge in [-0.1, -0.05) is 0 Å². The van der Waals surface area contributed by atoms with E-state index >= 15 is 0 Å². The fraction of sp³-hybridized carbons (Fsp3) is 0.467. The fourth-order valence-electron chi connectivity index (χ4n) is 5.24. The third kappa shape index (κ3) is 6.33. The number of aliphatic hydroxyl groups excluding tert-OH is 6. The van der Waals surface area contributed by atoms with E-state index in [2.05, 4.69) is 0 Å². The van der Waals surface area contributed by atoms with Crippen LogP contribution in [0.25, 0.3) is 22.3 Å². The number of phenolic OH excluding ortho intramolecular Hbond substituents is 1. The molecule has 16 heteroatoms. The van der Waals surface area contributed by atoms with Gasteiger partial charge in [-0.15, -0.1) is 0 Å². The van der Waals surface area contributed by atoms with Crippen LogP contribution in [0.2, 0.25) is 0 Å². The molecule has 2 aromatic carbocycles. The van der Waals surface area contributed by atoms with Crippen molar-refractivity contribution in [3.8, 4) is 34.3 Å². The van der Waals surface area contributed by atoms with Crippen molar-refractivity contribution in [2.75, 3.05) is 13.7 Å². The summed E-state index contributed by atoms with van der Waals surface area (Å²) in [5.74, 6) is -1.79. The molecule has 1 aromatic heterocycles. The molecule has 46 heavy (non-hydrogen) atoms. The number of phenols is 1. The Morgan fingerprint density at radius 3 is 2.15 bits per heavy atom. The number of ether oxygens (including phenoxy) is 6. The monoisotopic (exact) mass is 650 g/mol. The zero-order valence-electron chi connectivity index (χ0n) is 24.7. The molecule has 10 atom stereocenters. The number of hydrogen-bond acceptors (Lipinski definition) is 16. The van der Waals surface area contributed by atoms with Gasteiger partial charge in [-0.3, -0.25) is 9.59 Å². The quantitative estimate of drug-likeness (QED) is 0.147. The van der Waals surface area contributed by atoms with Crippen LogP contribution < -0.4 is 19.6 Å². The van der Waals surface area contributed by atoms with Gasteiger partial charge in [-0.25, -0.2) is 0 Å². The summed E-state index contributed by atoms with van der Waals surface area (Å²) >= 11 is 0. The van der Waals surface area contributed by atoms with Crippen molar-refractivity contribution in [1.29, 1.82) is 0 Å². The average molecular weight is 651 g/mol. The lowest BCUT2D eigenvalue weighted by Gasteiger charge is -2.40. The molecule has 2 fully saturated rings. The van der Waals surface area contributed by atoms with E-state index in [-0.39, 0.29) is 28.0 Å². The smallest absolute Gasteiger partial charge is 0.303 e. The van der Waals surface area contributed by atoms with Crippen molar-refractivity contribution >= 4 is 16.9 Å². The molecule has 0 aliphatic carbocycles. The molecule has 7 N–H and O–H groups in total. The van der Waals surface area contributed by atoms with Gasteiger partial charge in [-0.05, 0) is 31.2 Å². The maximum atomic E-state index is 13.9. The number of carbonyl (C=O) groups is 1. The summed E-state index contributed by atoms with van der Waals surface area (Å²) in [4.78, 5) is 25.4. The number of aliphatic hydroxyl groups is 6. The standard InChI is InChI=1S/C30H34O16/c1-11-26(42-12(2)32)23(37)25(39)29(41-11)46-28-21(35)19-16(33)8-15(43-30-24(38)22(36)20(34)18(10-31)45-30)9-17(19)44-27(28)13-4-6-14(40-3)7-5-13/h4-9,11,18,20,22-26,29-31,33-34,36-39H,10H2,1-3H3/t11-,18+,20+,22-,23-,24+,25+,26-,29-,30+/m0/s1. The number of fused-ring (bicyclic) bond motifs is 1. The highest BCUT2D eigenvalue weighted by Gasteiger charge is 2.47. The molecule has 0 bridgehead atoms. The maximum absolute atomic E-state index is 13.9. The topological polar surface area (TPSA) is 244 Å². The molecular formula is C30H34O16. The Hall–Kier alpha value is -4.00. The van der Waals surface area contributed by atoms with E-state index in [1.807, 2.05) is 0 Å². The van der Waals surface area contributed by atoms with Gasteiger partial charge in [-0.2, -0.15) is 0 Å². The maximum Gasteiger partial charge on any atom is 0.303 e. The Balaban J connectivity index is 1.56. The van der Waals surface area contributed by atoms with Crippen LogP contribution in [-0.2, 0) is 19.0 Å². The van der Waals surface area contributed by atoms with Crippen LogP contribution >= 0.6 is 0 Å². The molecule has 2 saturated heterocycles. The van der Waals surface area contributed by atoms with E-state index < -0.39 is 90.9 Å². The number of carbonyl (C=O) groups excluding carboxylic acids is 1. The van der Waals surface area contributed by atoms with Crippen LogP contribution in [0, 0.1) is 0 Å². The van der Waals surface area contributed by atoms with Gasteiger partial charge in [0.1, 0.15) is 64.8 Å². The summed E-state index contributed by atoms with van der Waals surface area (Å²) in [6.07, 6.45) is -15.3. The summed E-state index contributed by atoms with van der Waals surface area (Å²) in [6, 6.07) is 8.41. The van der Waals surface area contributed by atoms with Crippen molar-refractivity contribution in [2.24, 2.45) is 0 Å². The minimum Gasteiger partial charge on any atom is -0.507 e. The first-order chi connectivity index (χ1) is 21.8. The zero-order chi connectivity index (χ0) is 33.4. The second kappa shape index (κ2) is 13.4. The van der Waals surface area contributed by atoms with Crippen molar-refractivity contribution in [3.63, 3.8) is 0 Å². The molecule has 0 unspecified atom stereocenters. The molecule has 3 heterocycles. The molecule has 0 spiro atoms. The number of benzene rings is 2. The minimum absolute atomic E-state index is 0.189.